The van der Waals surface area contributed by atoms with Crippen LogP contribution in [0.3, 0.4) is 0 Å². The van der Waals surface area contributed by atoms with E-state index < -0.39 is 0 Å². The van der Waals surface area contributed by atoms with Crippen molar-refractivity contribution in [2.24, 2.45) is 0 Å². The summed E-state index contributed by atoms with van der Waals surface area (Å²) in [5.41, 5.74) is 0.657. The highest BCUT2D eigenvalue weighted by Crippen LogP contribution is 2.21. The van der Waals surface area contributed by atoms with Gasteiger partial charge in [0.25, 0.3) is 0 Å². The second-order valence-electron chi connectivity index (χ2n) is 4.29. The summed E-state index contributed by atoms with van der Waals surface area (Å²) in [5, 5.41) is 3.41. The Bertz CT molecular complexity index is 419. The molecule has 4 nitrogen and oxygen atoms in total. The number of nitrogens with one attached hydrogen (secondary N) is 1. The summed E-state index contributed by atoms with van der Waals surface area (Å²) in [7, 11) is 0. The zero-order chi connectivity index (χ0) is 13.0. The molecule has 1 atom stereocenters. The predicted octanol–water partition coefficient (Wildman–Crippen LogP) is 2.00. The number of carbonyl (C=O) groups is 1. The molecule has 0 bridgehead atoms. The number of carbonyl (C=O) groups excluding carboxylic acids is 1. The smallest absolute Gasteiger partial charge is 0.241 e. The quantitative estimate of drug-likeness (QED) is 0.912. The molecule has 5 heteroatoms. The third-order valence-corrected chi connectivity index (χ3v) is 3.43. The zero-order valence-electron chi connectivity index (χ0n) is 10.4. The Hall–Kier alpha value is -1.10. The van der Waals surface area contributed by atoms with Crippen LogP contribution < -0.4 is 5.32 Å². The summed E-state index contributed by atoms with van der Waals surface area (Å²) >= 11 is 6.01. The molecule has 1 aliphatic rings. The minimum Gasteiger partial charge on any atom is -0.379 e. The van der Waals surface area contributed by atoms with Crippen LogP contribution in [0, 0.1) is 0 Å². The molecule has 0 unspecified atom stereocenters. The zero-order valence-corrected chi connectivity index (χ0v) is 11.1. The Labute approximate surface area is 112 Å². The lowest BCUT2D eigenvalue weighted by Gasteiger charge is -2.31. The van der Waals surface area contributed by atoms with Crippen LogP contribution in [0.15, 0.2) is 24.3 Å². The highest BCUT2D eigenvalue weighted by molar-refractivity contribution is 6.33. The van der Waals surface area contributed by atoms with E-state index in [1.54, 1.807) is 12.1 Å². The number of amides is 1. The summed E-state index contributed by atoms with van der Waals surface area (Å²) in [4.78, 5) is 14.2. The van der Waals surface area contributed by atoms with E-state index in [9.17, 15) is 4.79 Å². The van der Waals surface area contributed by atoms with Crippen molar-refractivity contribution in [3.05, 3.63) is 29.3 Å². The normalized spacial score (nSPS) is 18.3. The lowest BCUT2D eigenvalue weighted by Crippen LogP contribution is -2.47. The van der Waals surface area contributed by atoms with Crippen molar-refractivity contribution in [2.75, 3.05) is 31.6 Å². The number of anilines is 1. The van der Waals surface area contributed by atoms with Crippen molar-refractivity contribution in [1.29, 1.82) is 0 Å². The van der Waals surface area contributed by atoms with Gasteiger partial charge < -0.3 is 10.1 Å². The number of ether oxygens (including phenoxy) is 1. The van der Waals surface area contributed by atoms with E-state index in [4.69, 9.17) is 16.3 Å². The molecule has 1 fully saturated rings. The number of morpholine rings is 1. The third kappa shape index (κ3) is 3.22. The van der Waals surface area contributed by atoms with Gasteiger partial charge in [0.05, 0.1) is 30.0 Å². The molecule has 1 saturated heterocycles. The maximum absolute atomic E-state index is 12.1. The Morgan fingerprint density at radius 1 is 1.39 bits per heavy atom. The monoisotopic (exact) mass is 268 g/mol. The first kappa shape index (κ1) is 13.3. The van der Waals surface area contributed by atoms with Crippen LogP contribution >= 0.6 is 11.6 Å². The molecule has 1 N–H and O–H groups in total. The first-order valence-corrected chi connectivity index (χ1v) is 6.43. The van der Waals surface area contributed by atoms with Gasteiger partial charge in [0.1, 0.15) is 0 Å². The average Bonchev–Trinajstić information content (AvgIpc) is 2.41. The van der Waals surface area contributed by atoms with Gasteiger partial charge in [-0.05, 0) is 19.1 Å². The van der Waals surface area contributed by atoms with E-state index in [2.05, 4.69) is 10.2 Å². The molecule has 1 amide bonds. The van der Waals surface area contributed by atoms with E-state index in [1.807, 2.05) is 19.1 Å². The van der Waals surface area contributed by atoms with Crippen LogP contribution in [0.1, 0.15) is 6.92 Å². The van der Waals surface area contributed by atoms with Gasteiger partial charge in [-0.2, -0.15) is 0 Å². The lowest BCUT2D eigenvalue weighted by molar-refractivity contribution is -0.122. The number of nitrogens with zero attached hydrogens (tertiary/aromatic N) is 1. The van der Waals surface area contributed by atoms with E-state index in [1.165, 1.54) is 0 Å². The van der Waals surface area contributed by atoms with Crippen LogP contribution in [0.5, 0.6) is 0 Å². The van der Waals surface area contributed by atoms with Gasteiger partial charge in [-0.1, -0.05) is 23.7 Å². The molecule has 1 aliphatic heterocycles. The van der Waals surface area contributed by atoms with Gasteiger partial charge in [0.2, 0.25) is 5.91 Å². The largest absolute Gasteiger partial charge is 0.379 e. The van der Waals surface area contributed by atoms with Gasteiger partial charge in [-0.3, -0.25) is 9.69 Å². The highest BCUT2D eigenvalue weighted by Gasteiger charge is 2.23. The van der Waals surface area contributed by atoms with Crippen LogP contribution in [-0.2, 0) is 9.53 Å². The lowest BCUT2D eigenvalue weighted by atomic mass is 10.2. The Balaban J connectivity index is 1.97. The minimum atomic E-state index is -0.176. The Morgan fingerprint density at radius 3 is 2.72 bits per heavy atom. The van der Waals surface area contributed by atoms with Crippen molar-refractivity contribution >= 4 is 23.2 Å². The van der Waals surface area contributed by atoms with Crippen LogP contribution in [0.25, 0.3) is 0 Å². The molecule has 1 aromatic carbocycles. The van der Waals surface area contributed by atoms with E-state index in [0.29, 0.717) is 23.9 Å². The van der Waals surface area contributed by atoms with Gasteiger partial charge in [-0.25, -0.2) is 0 Å². The second-order valence-corrected chi connectivity index (χ2v) is 4.70. The molecule has 0 saturated carbocycles. The number of benzene rings is 1. The molecular formula is C13H17ClN2O2. The predicted molar refractivity (Wildman–Crippen MR) is 71.9 cm³/mol. The maximum Gasteiger partial charge on any atom is 0.241 e. The maximum atomic E-state index is 12.1. The molecule has 0 spiro atoms. The van der Waals surface area contributed by atoms with Gasteiger partial charge in [0.15, 0.2) is 0 Å². The fourth-order valence-corrected chi connectivity index (χ4v) is 2.11. The van der Waals surface area contributed by atoms with E-state index in [-0.39, 0.29) is 11.9 Å². The minimum absolute atomic E-state index is 0.0370. The summed E-state index contributed by atoms with van der Waals surface area (Å²) < 4.78 is 5.27. The van der Waals surface area contributed by atoms with Gasteiger partial charge in [0, 0.05) is 13.1 Å². The SMILES string of the molecule is C[C@H](C(=O)Nc1ccccc1Cl)N1CCOCC1. The first-order valence-electron chi connectivity index (χ1n) is 6.05. The van der Waals surface area contributed by atoms with Crippen molar-refractivity contribution < 1.29 is 9.53 Å². The molecule has 0 aliphatic carbocycles. The molecule has 1 heterocycles. The number of hydrogen-bond acceptors (Lipinski definition) is 3. The number of hydrogen-bond donors (Lipinski definition) is 1. The van der Waals surface area contributed by atoms with Crippen molar-refractivity contribution in [2.45, 2.75) is 13.0 Å². The molecule has 2 rings (SSSR count). The van der Waals surface area contributed by atoms with Crippen LogP contribution in [-0.4, -0.2) is 43.2 Å². The van der Waals surface area contributed by atoms with Crippen LogP contribution in [0.4, 0.5) is 5.69 Å². The molecule has 98 valence electrons. The summed E-state index contributed by atoms with van der Waals surface area (Å²) in [6, 6.07) is 7.07. The topological polar surface area (TPSA) is 41.6 Å². The fourth-order valence-electron chi connectivity index (χ4n) is 1.93. The molecule has 1 aromatic rings. The molecule has 0 aromatic heterocycles. The van der Waals surface area contributed by atoms with Crippen molar-refractivity contribution in [3.8, 4) is 0 Å². The van der Waals surface area contributed by atoms with Gasteiger partial charge in [-0.15, -0.1) is 0 Å². The Morgan fingerprint density at radius 2 is 2.06 bits per heavy atom. The summed E-state index contributed by atoms with van der Waals surface area (Å²) in [6.45, 7) is 4.85. The number of rotatable bonds is 3. The van der Waals surface area contributed by atoms with Crippen molar-refractivity contribution in [1.82, 2.24) is 4.90 Å². The number of para-hydroxylation sites is 1. The average molecular weight is 269 g/mol. The Kier molecular flexibility index (Phi) is 4.58. The van der Waals surface area contributed by atoms with Gasteiger partial charge >= 0.3 is 0 Å². The van der Waals surface area contributed by atoms with Crippen LogP contribution in [0.2, 0.25) is 5.02 Å². The fraction of sp³-hybridized carbons (Fsp3) is 0.462. The molecular weight excluding hydrogens is 252 g/mol. The van der Waals surface area contributed by atoms with Crippen molar-refractivity contribution in [3.63, 3.8) is 0 Å². The third-order valence-electron chi connectivity index (χ3n) is 3.10. The summed E-state index contributed by atoms with van der Waals surface area (Å²) in [5.74, 6) is -0.0370. The standard InChI is InChI=1S/C13H17ClN2O2/c1-10(16-6-8-18-9-7-16)13(17)15-12-5-3-2-4-11(12)14/h2-5,10H,6-9H2,1H3,(H,15,17)/t10-/m1/s1. The number of halogens is 1. The highest BCUT2D eigenvalue weighted by atomic mass is 35.5. The molecule has 0 radical (unpaired) electrons. The summed E-state index contributed by atoms with van der Waals surface area (Å²) in [6.07, 6.45) is 0. The van der Waals surface area contributed by atoms with E-state index >= 15 is 0 Å². The first-order chi connectivity index (χ1) is 8.68. The second kappa shape index (κ2) is 6.18. The molecule has 18 heavy (non-hydrogen) atoms. The van der Waals surface area contributed by atoms with E-state index in [0.717, 1.165) is 13.1 Å².